The SMILES string of the molecule is Nc1cc(Br)c(F)c(S(=O)(=O)Nc2ccc(F)c(Br)c2)c1. The lowest BCUT2D eigenvalue weighted by Crippen LogP contribution is -2.15. The summed E-state index contributed by atoms with van der Waals surface area (Å²) in [6, 6.07) is 5.78. The van der Waals surface area contributed by atoms with Crippen molar-refractivity contribution in [2.24, 2.45) is 0 Å². The molecule has 2 aromatic carbocycles. The van der Waals surface area contributed by atoms with Crippen LogP contribution in [-0.2, 0) is 10.0 Å². The van der Waals surface area contributed by atoms with Crippen LogP contribution in [0.4, 0.5) is 20.2 Å². The van der Waals surface area contributed by atoms with Crippen LogP contribution in [0.3, 0.4) is 0 Å². The molecule has 0 radical (unpaired) electrons. The molecule has 0 aliphatic carbocycles. The van der Waals surface area contributed by atoms with Gasteiger partial charge in [0.2, 0.25) is 0 Å². The fraction of sp³-hybridized carbons (Fsp3) is 0. The monoisotopic (exact) mass is 440 g/mol. The van der Waals surface area contributed by atoms with E-state index in [2.05, 4.69) is 36.6 Å². The molecule has 0 aliphatic rings. The van der Waals surface area contributed by atoms with Gasteiger partial charge in [0.25, 0.3) is 10.0 Å². The Kier molecular flexibility index (Phi) is 4.54. The molecule has 2 rings (SSSR count). The number of rotatable bonds is 3. The molecule has 4 nitrogen and oxygen atoms in total. The van der Waals surface area contributed by atoms with E-state index in [4.69, 9.17) is 5.73 Å². The van der Waals surface area contributed by atoms with E-state index in [1.165, 1.54) is 18.2 Å². The van der Waals surface area contributed by atoms with E-state index in [-0.39, 0.29) is 20.3 Å². The number of benzene rings is 2. The third-order valence-corrected chi connectivity index (χ3v) is 5.04. The van der Waals surface area contributed by atoms with Gasteiger partial charge in [-0.1, -0.05) is 0 Å². The average molecular weight is 442 g/mol. The van der Waals surface area contributed by atoms with Gasteiger partial charge in [-0.2, -0.15) is 0 Å². The highest BCUT2D eigenvalue weighted by molar-refractivity contribution is 9.10. The minimum atomic E-state index is -4.20. The van der Waals surface area contributed by atoms with Crippen LogP contribution in [0, 0.1) is 11.6 Å². The lowest BCUT2D eigenvalue weighted by atomic mass is 10.3. The maximum Gasteiger partial charge on any atom is 0.264 e. The van der Waals surface area contributed by atoms with Crippen molar-refractivity contribution in [1.29, 1.82) is 0 Å². The van der Waals surface area contributed by atoms with Crippen LogP contribution in [0.2, 0.25) is 0 Å². The summed E-state index contributed by atoms with van der Waals surface area (Å²) in [4.78, 5) is -0.602. The Hall–Kier alpha value is -1.19. The number of anilines is 2. The van der Waals surface area contributed by atoms with Crippen LogP contribution in [0.5, 0.6) is 0 Å². The molecule has 21 heavy (non-hydrogen) atoms. The van der Waals surface area contributed by atoms with Gasteiger partial charge in [-0.15, -0.1) is 0 Å². The molecule has 0 amide bonds. The van der Waals surface area contributed by atoms with Gasteiger partial charge in [-0.05, 0) is 62.2 Å². The van der Waals surface area contributed by atoms with Crippen molar-refractivity contribution in [2.45, 2.75) is 4.90 Å². The second-order valence-electron chi connectivity index (χ2n) is 4.05. The van der Waals surface area contributed by atoms with Gasteiger partial charge in [0.05, 0.1) is 14.6 Å². The first-order valence-electron chi connectivity index (χ1n) is 5.43. The van der Waals surface area contributed by atoms with Crippen molar-refractivity contribution in [3.63, 3.8) is 0 Å². The summed E-state index contributed by atoms with van der Waals surface area (Å²) in [5.74, 6) is -1.51. The molecule has 2 aromatic rings. The van der Waals surface area contributed by atoms with Crippen molar-refractivity contribution < 1.29 is 17.2 Å². The third-order valence-electron chi connectivity index (χ3n) is 2.48. The smallest absolute Gasteiger partial charge is 0.264 e. The van der Waals surface area contributed by atoms with Gasteiger partial charge >= 0.3 is 0 Å². The number of hydrogen-bond acceptors (Lipinski definition) is 3. The Morgan fingerprint density at radius 3 is 2.33 bits per heavy atom. The number of nitrogen functional groups attached to an aromatic ring is 1. The summed E-state index contributed by atoms with van der Waals surface area (Å²) in [5.41, 5.74) is 5.69. The van der Waals surface area contributed by atoms with Gasteiger partial charge in [0.15, 0.2) is 5.82 Å². The van der Waals surface area contributed by atoms with E-state index in [0.29, 0.717) is 0 Å². The standard InChI is InChI=1S/C12H8Br2F2N2O2S/c13-8-5-7(1-2-10(8)15)18-21(19,20)11-4-6(17)3-9(14)12(11)16/h1-5,18H,17H2. The van der Waals surface area contributed by atoms with Crippen LogP contribution >= 0.6 is 31.9 Å². The van der Waals surface area contributed by atoms with E-state index >= 15 is 0 Å². The minimum absolute atomic E-state index is 0.0665. The number of hydrogen-bond donors (Lipinski definition) is 2. The molecule has 0 atom stereocenters. The predicted octanol–water partition coefficient (Wildman–Crippen LogP) is 3.87. The lowest BCUT2D eigenvalue weighted by molar-refractivity contribution is 0.566. The molecule has 112 valence electrons. The van der Waals surface area contributed by atoms with Crippen molar-refractivity contribution in [3.05, 3.63) is 50.9 Å². The molecule has 0 unspecified atom stereocenters. The highest BCUT2D eigenvalue weighted by Crippen LogP contribution is 2.28. The van der Waals surface area contributed by atoms with Crippen LogP contribution in [0.1, 0.15) is 0 Å². The zero-order valence-corrected chi connectivity index (χ0v) is 14.2. The number of nitrogens with two attached hydrogens (primary N) is 1. The maximum atomic E-state index is 13.9. The molecule has 0 bridgehead atoms. The normalized spacial score (nSPS) is 11.4. The fourth-order valence-corrected chi connectivity index (χ4v) is 3.72. The summed E-state index contributed by atoms with van der Waals surface area (Å²) in [7, 11) is -4.20. The van der Waals surface area contributed by atoms with Crippen molar-refractivity contribution in [1.82, 2.24) is 0 Å². The number of nitrogens with one attached hydrogen (secondary N) is 1. The molecule has 0 aliphatic heterocycles. The first-order valence-corrected chi connectivity index (χ1v) is 8.50. The molecule has 0 saturated carbocycles. The largest absolute Gasteiger partial charge is 0.399 e. The van der Waals surface area contributed by atoms with Gasteiger partial charge in [0, 0.05) is 5.69 Å². The van der Waals surface area contributed by atoms with E-state index in [9.17, 15) is 17.2 Å². The molecular formula is C12H8Br2F2N2O2S. The molecular weight excluding hydrogens is 434 g/mol. The molecule has 3 N–H and O–H groups in total. The minimum Gasteiger partial charge on any atom is -0.399 e. The maximum absolute atomic E-state index is 13.9. The Morgan fingerprint density at radius 2 is 1.71 bits per heavy atom. The quantitative estimate of drug-likeness (QED) is 0.710. The predicted molar refractivity (Wildman–Crippen MR) is 83.4 cm³/mol. The van der Waals surface area contributed by atoms with Gasteiger partial charge in [-0.25, -0.2) is 17.2 Å². The Bertz CT molecular complexity index is 813. The third kappa shape index (κ3) is 3.53. The van der Waals surface area contributed by atoms with Gasteiger partial charge in [-0.3, -0.25) is 4.72 Å². The van der Waals surface area contributed by atoms with E-state index < -0.39 is 26.6 Å². The number of halogens is 4. The van der Waals surface area contributed by atoms with Crippen LogP contribution in [0.25, 0.3) is 0 Å². The summed E-state index contributed by atoms with van der Waals surface area (Å²) >= 11 is 5.83. The van der Waals surface area contributed by atoms with Crippen LogP contribution < -0.4 is 10.5 Å². The first kappa shape index (κ1) is 16.2. The first-order chi connectivity index (χ1) is 9.70. The van der Waals surface area contributed by atoms with Crippen LogP contribution in [0.15, 0.2) is 44.2 Å². The van der Waals surface area contributed by atoms with E-state index in [1.54, 1.807) is 0 Å². The van der Waals surface area contributed by atoms with Crippen LogP contribution in [-0.4, -0.2) is 8.42 Å². The van der Waals surface area contributed by atoms with Gasteiger partial charge < -0.3 is 5.73 Å². The summed E-state index contributed by atoms with van der Waals surface area (Å²) in [6.07, 6.45) is 0. The van der Waals surface area contributed by atoms with Crippen molar-refractivity contribution >= 4 is 53.3 Å². The zero-order valence-electron chi connectivity index (χ0n) is 10.2. The Morgan fingerprint density at radius 1 is 1.05 bits per heavy atom. The Labute approximate surface area is 136 Å². The molecule has 0 heterocycles. The van der Waals surface area contributed by atoms with E-state index in [0.717, 1.165) is 12.1 Å². The lowest BCUT2D eigenvalue weighted by Gasteiger charge is -2.11. The highest BCUT2D eigenvalue weighted by Gasteiger charge is 2.22. The Balaban J connectivity index is 2.45. The molecule has 0 fully saturated rings. The molecule has 9 heteroatoms. The van der Waals surface area contributed by atoms with Gasteiger partial charge in [0.1, 0.15) is 10.7 Å². The number of sulfonamides is 1. The molecule has 0 saturated heterocycles. The van der Waals surface area contributed by atoms with Crippen molar-refractivity contribution in [3.8, 4) is 0 Å². The van der Waals surface area contributed by atoms with E-state index in [1.807, 2.05) is 0 Å². The second kappa shape index (κ2) is 5.90. The second-order valence-corrected chi connectivity index (χ2v) is 7.41. The zero-order chi connectivity index (χ0) is 15.8. The fourth-order valence-electron chi connectivity index (χ4n) is 1.55. The summed E-state index contributed by atoms with van der Waals surface area (Å²) < 4.78 is 53.6. The topological polar surface area (TPSA) is 72.2 Å². The molecule has 0 spiro atoms. The molecule has 0 aromatic heterocycles. The summed E-state index contributed by atoms with van der Waals surface area (Å²) in [5, 5.41) is 0. The highest BCUT2D eigenvalue weighted by atomic mass is 79.9. The van der Waals surface area contributed by atoms with Crippen molar-refractivity contribution in [2.75, 3.05) is 10.5 Å². The average Bonchev–Trinajstić information content (AvgIpc) is 2.37. The summed E-state index contributed by atoms with van der Waals surface area (Å²) in [6.45, 7) is 0.